The van der Waals surface area contributed by atoms with Gasteiger partial charge in [0.05, 0.1) is 5.92 Å². The number of alkyl halides is 3. The van der Waals surface area contributed by atoms with Gasteiger partial charge in [-0.3, -0.25) is 4.79 Å². The molecule has 3 N–H and O–H groups in total. The first kappa shape index (κ1) is 16.3. The highest BCUT2D eigenvalue weighted by molar-refractivity contribution is 5.79. The molecular weight excluding hydrogens is 257 g/mol. The summed E-state index contributed by atoms with van der Waals surface area (Å²) in [6.07, 6.45) is -3.46. The zero-order valence-corrected chi connectivity index (χ0v) is 11.7. The summed E-state index contributed by atoms with van der Waals surface area (Å²) in [6, 6.07) is -0.219. The summed E-state index contributed by atoms with van der Waals surface area (Å²) in [6.45, 7) is 5.43. The van der Waals surface area contributed by atoms with Gasteiger partial charge in [0.2, 0.25) is 5.91 Å². The Balaban J connectivity index is 2.50. The van der Waals surface area contributed by atoms with E-state index in [4.69, 9.17) is 5.73 Å². The topological polar surface area (TPSA) is 55.1 Å². The van der Waals surface area contributed by atoms with Gasteiger partial charge in [-0.25, -0.2) is 0 Å². The first-order valence-electron chi connectivity index (χ1n) is 6.68. The molecule has 1 unspecified atom stereocenters. The normalized spacial score (nSPS) is 26.9. The minimum absolute atomic E-state index is 0.0419. The standard InChI is InChI=1S/C13H23F3N2O/c1-8(17)12(2,3)18-11(19)9-4-6-10(7-5-9)13(14,15)16/h8-10H,4-7,17H2,1-3H3,(H,18,19). The van der Waals surface area contributed by atoms with E-state index in [1.54, 1.807) is 6.92 Å². The summed E-state index contributed by atoms with van der Waals surface area (Å²) in [7, 11) is 0. The molecular formula is C13H23F3N2O. The van der Waals surface area contributed by atoms with Crippen molar-refractivity contribution in [3.63, 3.8) is 0 Å². The smallest absolute Gasteiger partial charge is 0.349 e. The van der Waals surface area contributed by atoms with Crippen molar-refractivity contribution in [2.45, 2.75) is 64.2 Å². The Morgan fingerprint density at radius 2 is 1.68 bits per heavy atom. The second-order valence-corrected chi connectivity index (χ2v) is 6.09. The number of halogens is 3. The van der Waals surface area contributed by atoms with Crippen molar-refractivity contribution in [1.82, 2.24) is 5.32 Å². The molecule has 1 fully saturated rings. The maximum absolute atomic E-state index is 12.5. The predicted molar refractivity (Wildman–Crippen MR) is 67.4 cm³/mol. The maximum atomic E-state index is 12.5. The SMILES string of the molecule is CC(N)C(C)(C)NC(=O)C1CCC(C(F)(F)F)CC1. The van der Waals surface area contributed by atoms with Crippen molar-refractivity contribution in [2.24, 2.45) is 17.6 Å². The number of nitrogens with two attached hydrogens (primary N) is 1. The number of rotatable bonds is 3. The fraction of sp³-hybridized carbons (Fsp3) is 0.923. The van der Waals surface area contributed by atoms with E-state index >= 15 is 0 Å². The van der Waals surface area contributed by atoms with Crippen LogP contribution in [0.15, 0.2) is 0 Å². The lowest BCUT2D eigenvalue weighted by molar-refractivity contribution is -0.184. The van der Waals surface area contributed by atoms with Crippen LogP contribution < -0.4 is 11.1 Å². The summed E-state index contributed by atoms with van der Waals surface area (Å²) >= 11 is 0. The first-order valence-corrected chi connectivity index (χ1v) is 6.68. The molecule has 0 saturated heterocycles. The molecule has 1 aliphatic rings. The van der Waals surface area contributed by atoms with Gasteiger partial charge in [-0.2, -0.15) is 13.2 Å². The third-order valence-electron chi connectivity index (χ3n) is 4.14. The number of amides is 1. The fourth-order valence-electron chi connectivity index (χ4n) is 2.22. The first-order chi connectivity index (χ1) is 8.54. The van der Waals surface area contributed by atoms with Gasteiger partial charge in [-0.1, -0.05) is 0 Å². The Hall–Kier alpha value is -0.780. The van der Waals surface area contributed by atoms with Crippen LogP contribution in [0.25, 0.3) is 0 Å². The Morgan fingerprint density at radius 3 is 2.05 bits per heavy atom. The van der Waals surface area contributed by atoms with E-state index in [1.807, 2.05) is 13.8 Å². The molecule has 1 amide bonds. The molecule has 0 spiro atoms. The Kier molecular flexibility index (Phi) is 4.87. The average Bonchev–Trinajstić information content (AvgIpc) is 2.27. The largest absolute Gasteiger partial charge is 0.391 e. The fourth-order valence-corrected chi connectivity index (χ4v) is 2.22. The van der Waals surface area contributed by atoms with Crippen LogP contribution in [0, 0.1) is 11.8 Å². The van der Waals surface area contributed by atoms with Crippen LogP contribution in [0.1, 0.15) is 46.5 Å². The van der Waals surface area contributed by atoms with Gasteiger partial charge in [0.25, 0.3) is 0 Å². The van der Waals surface area contributed by atoms with Gasteiger partial charge in [-0.05, 0) is 46.5 Å². The molecule has 1 atom stereocenters. The van der Waals surface area contributed by atoms with Crippen molar-refractivity contribution in [2.75, 3.05) is 0 Å². The molecule has 19 heavy (non-hydrogen) atoms. The lowest BCUT2D eigenvalue weighted by Crippen LogP contribution is -2.56. The minimum atomic E-state index is -4.13. The van der Waals surface area contributed by atoms with Crippen molar-refractivity contribution in [3.8, 4) is 0 Å². The second kappa shape index (κ2) is 5.69. The summed E-state index contributed by atoms with van der Waals surface area (Å²) in [5.41, 5.74) is 5.22. The maximum Gasteiger partial charge on any atom is 0.391 e. The summed E-state index contributed by atoms with van der Waals surface area (Å²) in [5.74, 6) is -1.75. The van der Waals surface area contributed by atoms with Gasteiger partial charge in [0.15, 0.2) is 0 Å². The molecule has 0 aliphatic heterocycles. The van der Waals surface area contributed by atoms with E-state index in [1.165, 1.54) is 0 Å². The summed E-state index contributed by atoms with van der Waals surface area (Å²) in [5, 5.41) is 2.83. The highest BCUT2D eigenvalue weighted by atomic mass is 19.4. The molecule has 0 radical (unpaired) electrons. The van der Waals surface area contributed by atoms with Crippen molar-refractivity contribution in [1.29, 1.82) is 0 Å². The van der Waals surface area contributed by atoms with Crippen LogP contribution in [0.3, 0.4) is 0 Å². The van der Waals surface area contributed by atoms with Crippen LogP contribution in [0.4, 0.5) is 13.2 Å². The number of carbonyl (C=O) groups excluding carboxylic acids is 1. The number of hydrogen-bond donors (Lipinski definition) is 2. The Morgan fingerprint density at radius 1 is 1.21 bits per heavy atom. The molecule has 3 nitrogen and oxygen atoms in total. The van der Waals surface area contributed by atoms with Gasteiger partial charge in [0, 0.05) is 17.5 Å². The van der Waals surface area contributed by atoms with Crippen molar-refractivity contribution in [3.05, 3.63) is 0 Å². The summed E-state index contributed by atoms with van der Waals surface area (Å²) in [4.78, 5) is 12.0. The van der Waals surface area contributed by atoms with E-state index in [-0.39, 0.29) is 30.7 Å². The average molecular weight is 280 g/mol. The second-order valence-electron chi connectivity index (χ2n) is 6.09. The van der Waals surface area contributed by atoms with Crippen LogP contribution in [0.5, 0.6) is 0 Å². The third kappa shape index (κ3) is 4.37. The Bertz CT molecular complexity index is 318. The highest BCUT2D eigenvalue weighted by Crippen LogP contribution is 2.39. The number of hydrogen-bond acceptors (Lipinski definition) is 2. The molecule has 0 aromatic rings. The van der Waals surface area contributed by atoms with E-state index < -0.39 is 17.6 Å². The lowest BCUT2D eigenvalue weighted by Gasteiger charge is -2.34. The van der Waals surface area contributed by atoms with Crippen molar-refractivity contribution < 1.29 is 18.0 Å². The van der Waals surface area contributed by atoms with Gasteiger partial charge >= 0.3 is 6.18 Å². The molecule has 0 aromatic heterocycles. The molecule has 6 heteroatoms. The van der Waals surface area contributed by atoms with Gasteiger partial charge in [0.1, 0.15) is 0 Å². The van der Waals surface area contributed by atoms with Crippen LogP contribution in [0.2, 0.25) is 0 Å². The zero-order valence-electron chi connectivity index (χ0n) is 11.7. The zero-order chi connectivity index (χ0) is 14.8. The molecule has 0 bridgehead atoms. The van der Waals surface area contributed by atoms with E-state index in [0.717, 1.165) is 0 Å². The number of carbonyl (C=O) groups is 1. The van der Waals surface area contributed by atoms with Crippen LogP contribution >= 0.6 is 0 Å². The van der Waals surface area contributed by atoms with Crippen molar-refractivity contribution >= 4 is 5.91 Å². The van der Waals surface area contributed by atoms with Crippen LogP contribution in [-0.4, -0.2) is 23.7 Å². The molecule has 0 aromatic carbocycles. The summed E-state index contributed by atoms with van der Waals surface area (Å²) < 4.78 is 37.6. The quantitative estimate of drug-likeness (QED) is 0.835. The third-order valence-corrected chi connectivity index (χ3v) is 4.14. The van der Waals surface area contributed by atoms with E-state index in [0.29, 0.717) is 12.8 Å². The Labute approximate surface area is 112 Å². The molecule has 1 aliphatic carbocycles. The molecule has 112 valence electrons. The van der Waals surface area contributed by atoms with Gasteiger partial charge in [-0.15, -0.1) is 0 Å². The monoisotopic (exact) mass is 280 g/mol. The predicted octanol–water partition coefficient (Wildman–Crippen LogP) is 2.60. The van der Waals surface area contributed by atoms with Gasteiger partial charge < -0.3 is 11.1 Å². The number of nitrogens with one attached hydrogen (secondary N) is 1. The molecule has 1 rings (SSSR count). The lowest BCUT2D eigenvalue weighted by atomic mass is 9.80. The van der Waals surface area contributed by atoms with E-state index in [9.17, 15) is 18.0 Å². The van der Waals surface area contributed by atoms with Crippen LogP contribution in [-0.2, 0) is 4.79 Å². The molecule has 1 saturated carbocycles. The van der Waals surface area contributed by atoms with E-state index in [2.05, 4.69) is 5.32 Å². The molecule has 0 heterocycles. The minimum Gasteiger partial charge on any atom is -0.349 e. The highest BCUT2D eigenvalue weighted by Gasteiger charge is 2.42.